The maximum absolute atomic E-state index is 13.9. The molecule has 0 radical (unpaired) electrons. The Hall–Kier alpha value is -4.25. The fourth-order valence-corrected chi connectivity index (χ4v) is 8.34. The molecule has 4 aromatic rings. The van der Waals surface area contributed by atoms with Crippen molar-refractivity contribution in [1.82, 2.24) is 4.98 Å². The maximum atomic E-state index is 13.9. The molecule has 3 aliphatic rings. The molecule has 2 amide bonds. The summed E-state index contributed by atoms with van der Waals surface area (Å²) in [7, 11) is 0. The highest BCUT2D eigenvalue weighted by atomic mass is 35.5. The summed E-state index contributed by atoms with van der Waals surface area (Å²) in [4.78, 5) is 49.9. The molecule has 0 bridgehead atoms. The van der Waals surface area contributed by atoms with Crippen molar-refractivity contribution in [2.75, 3.05) is 54.6 Å². The third kappa shape index (κ3) is 5.90. The number of rotatable bonds is 6. The number of hydrogen-bond acceptors (Lipinski definition) is 8. The van der Waals surface area contributed by atoms with Crippen molar-refractivity contribution in [3.63, 3.8) is 0 Å². The van der Waals surface area contributed by atoms with Gasteiger partial charge < -0.3 is 24.6 Å². The summed E-state index contributed by atoms with van der Waals surface area (Å²) in [5, 5.41) is 3.39. The van der Waals surface area contributed by atoms with E-state index in [1.165, 1.54) is 11.3 Å². The molecule has 2 aromatic carbocycles. The third-order valence-electron chi connectivity index (χ3n) is 9.22. The van der Waals surface area contributed by atoms with Crippen LogP contribution in [0, 0.1) is 12.3 Å². The summed E-state index contributed by atoms with van der Waals surface area (Å²) < 4.78 is 10.8. The molecule has 0 unspecified atom stereocenters. The molecule has 2 aromatic heterocycles. The van der Waals surface area contributed by atoms with Crippen molar-refractivity contribution in [2.24, 2.45) is 5.41 Å². The molecular formula is C36H35ClN4O5S. The number of anilines is 3. The predicted octanol–water partition coefficient (Wildman–Crippen LogP) is 7.02. The predicted molar refractivity (Wildman–Crippen MR) is 184 cm³/mol. The number of para-hydroxylation sites is 1. The van der Waals surface area contributed by atoms with Gasteiger partial charge in [0.15, 0.2) is 0 Å². The van der Waals surface area contributed by atoms with E-state index in [4.69, 9.17) is 21.1 Å². The minimum atomic E-state index is -0.438. The average Bonchev–Trinajstić information content (AvgIpc) is 3.30. The molecule has 3 aliphatic heterocycles. The van der Waals surface area contributed by atoms with E-state index in [2.05, 4.69) is 15.2 Å². The van der Waals surface area contributed by atoms with Crippen LogP contribution in [0.25, 0.3) is 10.4 Å². The normalized spacial score (nSPS) is 16.5. The largest absolute Gasteiger partial charge is 0.462 e. The number of nitrogens with zero attached hydrogens (tertiary/aromatic N) is 3. The number of hydrogen-bond donors (Lipinski definition) is 1. The fraction of sp³-hybridized carbons (Fsp3) is 0.333. The van der Waals surface area contributed by atoms with Gasteiger partial charge in [0.1, 0.15) is 10.7 Å². The standard InChI is InChI=1S/C36H35ClN4O5S/c1-3-46-35(44)31-29(37)26-12-15-41(28-7-5-4-6-25(28)30(26)47-31)34(43)23-8-10-24(11-9-23)39-33(42)27-18-22(2)19-38-32(27)40-20-36(21-40)13-16-45-17-14-36/h4-11,18-19H,3,12-17,20-21H2,1-2H3,(H,39,42). The number of nitrogens with one attached hydrogen (secondary N) is 1. The van der Waals surface area contributed by atoms with E-state index in [9.17, 15) is 14.4 Å². The van der Waals surface area contributed by atoms with E-state index >= 15 is 0 Å². The summed E-state index contributed by atoms with van der Waals surface area (Å²) in [6.07, 6.45) is 4.35. The smallest absolute Gasteiger partial charge is 0.349 e. The molecule has 0 atom stereocenters. The number of ether oxygens (including phenoxy) is 2. The Labute approximate surface area is 282 Å². The van der Waals surface area contributed by atoms with Crippen molar-refractivity contribution in [3.05, 3.63) is 92.9 Å². The Morgan fingerprint density at radius 2 is 1.83 bits per heavy atom. The van der Waals surface area contributed by atoms with Crippen LogP contribution in [0.3, 0.4) is 0 Å². The van der Waals surface area contributed by atoms with E-state index in [0.717, 1.165) is 66.4 Å². The van der Waals surface area contributed by atoms with Gasteiger partial charge in [0, 0.05) is 66.2 Å². The van der Waals surface area contributed by atoms with Crippen LogP contribution in [-0.4, -0.2) is 62.2 Å². The highest BCUT2D eigenvalue weighted by molar-refractivity contribution is 7.18. The number of aromatic nitrogens is 1. The van der Waals surface area contributed by atoms with E-state index in [1.807, 2.05) is 37.3 Å². The molecule has 2 fully saturated rings. The van der Waals surface area contributed by atoms with Gasteiger partial charge in [0.25, 0.3) is 11.8 Å². The number of pyridine rings is 1. The van der Waals surface area contributed by atoms with Crippen LogP contribution in [0.2, 0.25) is 5.02 Å². The molecule has 242 valence electrons. The Morgan fingerprint density at radius 3 is 2.57 bits per heavy atom. The molecule has 9 nitrogen and oxygen atoms in total. The first-order chi connectivity index (χ1) is 22.8. The van der Waals surface area contributed by atoms with Gasteiger partial charge in [-0.15, -0.1) is 11.3 Å². The lowest BCUT2D eigenvalue weighted by Gasteiger charge is -2.53. The molecule has 0 aliphatic carbocycles. The molecule has 2 saturated heterocycles. The zero-order valence-corrected chi connectivity index (χ0v) is 27.9. The quantitative estimate of drug-likeness (QED) is 0.220. The second-order valence-corrected chi connectivity index (χ2v) is 13.8. The van der Waals surface area contributed by atoms with Gasteiger partial charge in [-0.1, -0.05) is 29.8 Å². The highest BCUT2D eigenvalue weighted by Gasteiger charge is 2.45. The van der Waals surface area contributed by atoms with Crippen molar-refractivity contribution >= 4 is 57.9 Å². The number of esters is 1. The molecule has 0 saturated carbocycles. The minimum Gasteiger partial charge on any atom is -0.462 e. The Kier molecular flexibility index (Phi) is 8.50. The van der Waals surface area contributed by atoms with Crippen molar-refractivity contribution < 1.29 is 23.9 Å². The Balaban J connectivity index is 1.08. The van der Waals surface area contributed by atoms with E-state index in [1.54, 1.807) is 42.3 Å². The molecule has 11 heteroatoms. The van der Waals surface area contributed by atoms with Crippen LogP contribution >= 0.6 is 22.9 Å². The van der Waals surface area contributed by atoms with Crippen molar-refractivity contribution in [2.45, 2.75) is 33.1 Å². The van der Waals surface area contributed by atoms with Crippen LogP contribution in [0.4, 0.5) is 17.2 Å². The lowest BCUT2D eigenvalue weighted by atomic mass is 9.73. The second-order valence-electron chi connectivity index (χ2n) is 12.4. The number of benzene rings is 2. The lowest BCUT2D eigenvalue weighted by Crippen LogP contribution is -2.59. The van der Waals surface area contributed by atoms with Gasteiger partial charge in [0.05, 0.1) is 22.9 Å². The first-order valence-corrected chi connectivity index (χ1v) is 17.1. The van der Waals surface area contributed by atoms with Crippen LogP contribution in [0.5, 0.6) is 0 Å². The summed E-state index contributed by atoms with van der Waals surface area (Å²) >= 11 is 8.00. The van der Waals surface area contributed by atoms with E-state index in [0.29, 0.717) is 45.5 Å². The van der Waals surface area contributed by atoms with Crippen LogP contribution in [0.1, 0.15) is 61.3 Å². The number of thiophene rings is 1. The third-order valence-corrected chi connectivity index (χ3v) is 11.0. The average molecular weight is 671 g/mol. The van der Waals surface area contributed by atoms with Gasteiger partial charge in [-0.25, -0.2) is 9.78 Å². The fourth-order valence-electron chi connectivity index (χ4n) is 6.74. The maximum Gasteiger partial charge on any atom is 0.349 e. The molecular weight excluding hydrogens is 636 g/mol. The van der Waals surface area contributed by atoms with Crippen molar-refractivity contribution in [3.8, 4) is 10.4 Å². The van der Waals surface area contributed by atoms with E-state index < -0.39 is 5.97 Å². The summed E-state index contributed by atoms with van der Waals surface area (Å²) in [5.74, 6) is -0.154. The topological polar surface area (TPSA) is 101 Å². The number of amides is 2. The first-order valence-electron chi connectivity index (χ1n) is 15.9. The Bertz CT molecular complexity index is 1860. The van der Waals surface area contributed by atoms with Gasteiger partial charge in [-0.05, 0) is 80.6 Å². The van der Waals surface area contributed by atoms with Crippen molar-refractivity contribution in [1.29, 1.82) is 0 Å². The number of carbonyl (C=O) groups is 3. The number of aryl methyl sites for hydroxylation is 1. The zero-order chi connectivity index (χ0) is 32.7. The minimum absolute atomic E-state index is 0.169. The van der Waals surface area contributed by atoms with E-state index in [-0.39, 0.29) is 23.8 Å². The molecule has 1 spiro atoms. The highest BCUT2D eigenvalue weighted by Crippen LogP contribution is 2.46. The molecule has 7 rings (SSSR count). The summed E-state index contributed by atoms with van der Waals surface area (Å²) in [6, 6.07) is 16.5. The second kappa shape index (κ2) is 12.7. The monoisotopic (exact) mass is 670 g/mol. The number of halogens is 1. The lowest BCUT2D eigenvalue weighted by molar-refractivity contribution is -0.000512. The summed E-state index contributed by atoms with van der Waals surface area (Å²) in [6.45, 7) is 7.65. The van der Waals surface area contributed by atoms with Gasteiger partial charge >= 0.3 is 5.97 Å². The van der Waals surface area contributed by atoms with Gasteiger partial charge in [-0.2, -0.15) is 0 Å². The number of carbonyl (C=O) groups excluding carboxylic acids is 3. The van der Waals surface area contributed by atoms with Crippen LogP contribution in [0.15, 0.2) is 60.8 Å². The summed E-state index contributed by atoms with van der Waals surface area (Å²) in [5.41, 5.74) is 5.19. The van der Waals surface area contributed by atoms with Gasteiger partial charge in [-0.3, -0.25) is 9.59 Å². The van der Waals surface area contributed by atoms with Crippen LogP contribution < -0.4 is 15.1 Å². The van der Waals surface area contributed by atoms with Gasteiger partial charge in [0.2, 0.25) is 0 Å². The SMILES string of the molecule is CCOC(=O)c1sc2c(c1Cl)CCN(C(=O)c1ccc(NC(=O)c3cc(C)cnc3N3CC4(CCOCC4)C3)cc1)c1ccccc1-2. The number of fused-ring (bicyclic) bond motifs is 3. The molecule has 1 N–H and O–H groups in total. The molecule has 47 heavy (non-hydrogen) atoms. The molecule has 5 heterocycles. The van der Waals surface area contributed by atoms with Crippen LogP contribution in [-0.2, 0) is 15.9 Å². The Morgan fingerprint density at radius 1 is 1.09 bits per heavy atom. The first kappa shape index (κ1) is 31.4. The zero-order valence-electron chi connectivity index (χ0n) is 26.3.